The van der Waals surface area contributed by atoms with Crippen molar-refractivity contribution in [1.29, 1.82) is 0 Å². The van der Waals surface area contributed by atoms with Crippen molar-refractivity contribution in [2.45, 2.75) is 19.1 Å². The van der Waals surface area contributed by atoms with E-state index in [1.807, 2.05) is 0 Å². The molecular weight excluding hydrogens is 190 g/mol. The summed E-state index contributed by atoms with van der Waals surface area (Å²) in [5.74, 6) is -0.699. The summed E-state index contributed by atoms with van der Waals surface area (Å²) in [5.41, 5.74) is 8.06. The Hall–Kier alpha value is -0.900. The van der Waals surface area contributed by atoms with E-state index in [9.17, 15) is 0 Å². The third kappa shape index (κ3) is 3.02. The van der Waals surface area contributed by atoms with Crippen LogP contribution in [0.1, 0.15) is 11.1 Å². The van der Waals surface area contributed by atoms with Crippen LogP contribution in [-0.4, -0.2) is 26.6 Å². The summed E-state index contributed by atoms with van der Waals surface area (Å²) in [6.45, 7) is 2.40. The average molecular weight is 209 g/mol. The van der Waals surface area contributed by atoms with Crippen molar-refractivity contribution in [3.63, 3.8) is 0 Å². The molecule has 15 heavy (non-hydrogen) atoms. The highest BCUT2D eigenvalue weighted by molar-refractivity contribution is 5.22. The van der Waals surface area contributed by atoms with Crippen LogP contribution in [0.4, 0.5) is 0 Å². The van der Waals surface area contributed by atoms with Crippen LogP contribution in [0.5, 0.6) is 0 Å². The SMILES string of the molecule is COC(CN)(Cc1ccc(C)cc1)OC. The van der Waals surface area contributed by atoms with Crippen molar-refractivity contribution in [2.24, 2.45) is 5.73 Å². The molecule has 1 rings (SSSR count). The molecule has 3 heteroatoms. The molecule has 0 bridgehead atoms. The van der Waals surface area contributed by atoms with E-state index >= 15 is 0 Å². The fourth-order valence-electron chi connectivity index (χ4n) is 1.48. The predicted octanol–water partition coefficient (Wildman–Crippen LogP) is 1.49. The van der Waals surface area contributed by atoms with Crippen molar-refractivity contribution < 1.29 is 9.47 Å². The highest BCUT2D eigenvalue weighted by Gasteiger charge is 2.27. The van der Waals surface area contributed by atoms with Gasteiger partial charge in [0.15, 0.2) is 5.79 Å². The van der Waals surface area contributed by atoms with E-state index in [2.05, 4.69) is 31.2 Å². The maximum Gasteiger partial charge on any atom is 0.183 e. The molecule has 0 aliphatic heterocycles. The molecule has 0 fully saturated rings. The third-order valence-electron chi connectivity index (χ3n) is 2.65. The van der Waals surface area contributed by atoms with Crippen LogP contribution in [0.2, 0.25) is 0 Å². The lowest BCUT2D eigenvalue weighted by Gasteiger charge is -2.29. The Morgan fingerprint density at radius 1 is 1.13 bits per heavy atom. The number of rotatable bonds is 5. The van der Waals surface area contributed by atoms with Gasteiger partial charge in [0.2, 0.25) is 0 Å². The molecule has 0 aliphatic rings. The molecule has 0 spiro atoms. The molecule has 3 nitrogen and oxygen atoms in total. The molecule has 0 unspecified atom stereocenters. The smallest absolute Gasteiger partial charge is 0.183 e. The number of hydrogen-bond acceptors (Lipinski definition) is 3. The number of aryl methyl sites for hydroxylation is 1. The van der Waals surface area contributed by atoms with Crippen molar-refractivity contribution in [1.82, 2.24) is 0 Å². The van der Waals surface area contributed by atoms with Gasteiger partial charge in [-0.25, -0.2) is 0 Å². The van der Waals surface area contributed by atoms with Gasteiger partial charge in [0.25, 0.3) is 0 Å². The first-order valence-electron chi connectivity index (χ1n) is 5.02. The second kappa shape index (κ2) is 5.26. The van der Waals surface area contributed by atoms with E-state index in [0.29, 0.717) is 13.0 Å². The maximum atomic E-state index is 5.66. The van der Waals surface area contributed by atoms with Crippen LogP contribution >= 0.6 is 0 Å². The van der Waals surface area contributed by atoms with E-state index < -0.39 is 5.79 Å². The summed E-state index contributed by atoms with van der Waals surface area (Å²) in [6, 6.07) is 8.28. The van der Waals surface area contributed by atoms with Gasteiger partial charge in [-0.1, -0.05) is 29.8 Å². The van der Waals surface area contributed by atoms with Crippen molar-refractivity contribution in [3.8, 4) is 0 Å². The highest BCUT2D eigenvalue weighted by atomic mass is 16.7. The van der Waals surface area contributed by atoms with Crippen LogP contribution < -0.4 is 5.73 Å². The first-order valence-corrected chi connectivity index (χ1v) is 5.02. The van der Waals surface area contributed by atoms with Gasteiger partial charge in [0.05, 0.1) is 0 Å². The second-order valence-electron chi connectivity index (χ2n) is 3.69. The van der Waals surface area contributed by atoms with E-state index in [0.717, 1.165) is 5.56 Å². The summed E-state index contributed by atoms with van der Waals surface area (Å²) in [6.07, 6.45) is 0.663. The average Bonchev–Trinajstić information content (AvgIpc) is 2.29. The van der Waals surface area contributed by atoms with Crippen molar-refractivity contribution in [3.05, 3.63) is 35.4 Å². The molecule has 2 N–H and O–H groups in total. The molecule has 0 saturated heterocycles. The Labute approximate surface area is 91.2 Å². The number of ether oxygens (including phenoxy) is 2. The van der Waals surface area contributed by atoms with Gasteiger partial charge >= 0.3 is 0 Å². The quantitative estimate of drug-likeness (QED) is 0.747. The molecule has 0 saturated carbocycles. The number of benzene rings is 1. The molecule has 0 aromatic heterocycles. The molecule has 1 aromatic carbocycles. The van der Waals surface area contributed by atoms with E-state index in [4.69, 9.17) is 15.2 Å². The standard InChI is InChI=1S/C12H19NO2/c1-10-4-6-11(7-5-10)8-12(9-13,14-2)15-3/h4-7H,8-9,13H2,1-3H3. The van der Waals surface area contributed by atoms with Gasteiger partial charge in [-0.2, -0.15) is 0 Å². The topological polar surface area (TPSA) is 44.5 Å². The van der Waals surface area contributed by atoms with Crippen LogP contribution in [0, 0.1) is 6.92 Å². The number of hydrogen-bond donors (Lipinski definition) is 1. The van der Waals surface area contributed by atoms with Gasteiger partial charge in [-0.15, -0.1) is 0 Å². The molecular formula is C12H19NO2. The minimum atomic E-state index is -0.699. The fourth-order valence-corrected chi connectivity index (χ4v) is 1.48. The summed E-state index contributed by atoms with van der Waals surface area (Å²) in [7, 11) is 3.23. The summed E-state index contributed by atoms with van der Waals surface area (Å²) in [4.78, 5) is 0. The van der Waals surface area contributed by atoms with Gasteiger partial charge in [0, 0.05) is 27.2 Å². The van der Waals surface area contributed by atoms with Crippen molar-refractivity contribution in [2.75, 3.05) is 20.8 Å². The molecule has 0 amide bonds. The fraction of sp³-hybridized carbons (Fsp3) is 0.500. The van der Waals surface area contributed by atoms with Gasteiger partial charge in [-0.3, -0.25) is 0 Å². The zero-order valence-electron chi connectivity index (χ0n) is 9.62. The van der Waals surface area contributed by atoms with E-state index in [-0.39, 0.29) is 0 Å². The summed E-state index contributed by atoms with van der Waals surface area (Å²) >= 11 is 0. The third-order valence-corrected chi connectivity index (χ3v) is 2.65. The van der Waals surface area contributed by atoms with Gasteiger partial charge in [-0.05, 0) is 12.5 Å². The number of methoxy groups -OCH3 is 2. The Kier molecular flexibility index (Phi) is 4.27. The Morgan fingerprint density at radius 2 is 1.67 bits per heavy atom. The predicted molar refractivity (Wildman–Crippen MR) is 60.7 cm³/mol. The molecule has 0 atom stereocenters. The van der Waals surface area contributed by atoms with Crippen LogP contribution in [-0.2, 0) is 15.9 Å². The highest BCUT2D eigenvalue weighted by Crippen LogP contribution is 2.17. The Bertz CT molecular complexity index is 283. The largest absolute Gasteiger partial charge is 0.352 e. The molecule has 0 aliphatic carbocycles. The lowest BCUT2D eigenvalue weighted by molar-refractivity contribution is -0.197. The first kappa shape index (κ1) is 12.2. The van der Waals surface area contributed by atoms with E-state index in [1.165, 1.54) is 5.56 Å². The van der Waals surface area contributed by atoms with E-state index in [1.54, 1.807) is 14.2 Å². The van der Waals surface area contributed by atoms with Crippen LogP contribution in [0.25, 0.3) is 0 Å². The Balaban J connectivity index is 2.78. The molecule has 0 radical (unpaired) electrons. The van der Waals surface area contributed by atoms with Gasteiger partial charge in [0.1, 0.15) is 0 Å². The van der Waals surface area contributed by atoms with Crippen LogP contribution in [0.15, 0.2) is 24.3 Å². The minimum absolute atomic E-state index is 0.341. The first-order chi connectivity index (χ1) is 7.15. The van der Waals surface area contributed by atoms with Crippen molar-refractivity contribution >= 4 is 0 Å². The second-order valence-corrected chi connectivity index (χ2v) is 3.69. The summed E-state index contributed by atoms with van der Waals surface area (Å²) < 4.78 is 10.6. The number of nitrogens with two attached hydrogens (primary N) is 1. The zero-order valence-corrected chi connectivity index (χ0v) is 9.62. The maximum absolute atomic E-state index is 5.66. The molecule has 0 heterocycles. The lowest BCUT2D eigenvalue weighted by Crippen LogP contribution is -2.43. The summed E-state index contributed by atoms with van der Waals surface area (Å²) in [5, 5.41) is 0. The Morgan fingerprint density at radius 3 is 2.07 bits per heavy atom. The zero-order chi connectivity index (χ0) is 11.3. The lowest BCUT2D eigenvalue weighted by atomic mass is 10.0. The van der Waals surface area contributed by atoms with Gasteiger partial charge < -0.3 is 15.2 Å². The minimum Gasteiger partial charge on any atom is -0.352 e. The monoisotopic (exact) mass is 209 g/mol. The normalized spacial score (nSPS) is 11.7. The van der Waals surface area contributed by atoms with Crippen LogP contribution in [0.3, 0.4) is 0 Å². The molecule has 1 aromatic rings. The molecule has 84 valence electrons.